The second-order valence-corrected chi connectivity index (χ2v) is 9.32. The summed E-state index contributed by atoms with van der Waals surface area (Å²) in [5.74, 6) is -1.44. The van der Waals surface area contributed by atoms with Crippen LogP contribution in [0.2, 0.25) is 0 Å². The Hall–Kier alpha value is -4.50. The molecule has 0 amide bonds. The van der Waals surface area contributed by atoms with Gasteiger partial charge in [0, 0.05) is 11.1 Å². The molecule has 5 rings (SSSR count). The van der Waals surface area contributed by atoms with E-state index in [4.69, 9.17) is 0 Å². The number of hydrogen-bond acceptors (Lipinski definition) is 2. The standard InChI is InChI=1S/C34H28O3/c1-5-8-16-29-21(4)24-19-18-22(32(35)26-14-9-10-15-27(26)33(36)37)20-31(24)34(29)28(7-3)23(6-2)25-13-11-12-17-30(25)34/h6-20H,2-3,5H2,1,4H3,(H,36,37)/b16-8-. The van der Waals surface area contributed by atoms with E-state index < -0.39 is 11.4 Å². The molecular formula is C34H28O3. The second kappa shape index (κ2) is 9.18. The first-order chi connectivity index (χ1) is 17.9. The highest BCUT2D eigenvalue weighted by atomic mass is 16.4. The van der Waals surface area contributed by atoms with Crippen LogP contribution in [0.15, 0.2) is 115 Å². The monoisotopic (exact) mass is 484 g/mol. The van der Waals surface area contributed by atoms with E-state index >= 15 is 0 Å². The predicted molar refractivity (Wildman–Crippen MR) is 150 cm³/mol. The lowest BCUT2D eigenvalue weighted by atomic mass is 9.68. The molecule has 1 N–H and O–H groups in total. The average molecular weight is 485 g/mol. The lowest BCUT2D eigenvalue weighted by Crippen LogP contribution is -2.28. The van der Waals surface area contributed by atoms with Gasteiger partial charge in [0.25, 0.3) is 0 Å². The number of carboxylic acid groups (broad SMARTS) is 1. The van der Waals surface area contributed by atoms with Gasteiger partial charge in [-0.3, -0.25) is 4.79 Å². The van der Waals surface area contributed by atoms with Gasteiger partial charge in [0.1, 0.15) is 0 Å². The van der Waals surface area contributed by atoms with Crippen molar-refractivity contribution in [2.24, 2.45) is 0 Å². The van der Waals surface area contributed by atoms with E-state index in [1.165, 1.54) is 6.07 Å². The maximum absolute atomic E-state index is 13.7. The summed E-state index contributed by atoms with van der Waals surface area (Å²) in [4.78, 5) is 25.5. The largest absolute Gasteiger partial charge is 0.478 e. The molecule has 0 heterocycles. The molecule has 37 heavy (non-hydrogen) atoms. The molecule has 1 atom stereocenters. The molecule has 1 spiro atoms. The molecule has 0 saturated heterocycles. The number of carboxylic acids is 1. The first kappa shape index (κ1) is 24.2. The lowest BCUT2D eigenvalue weighted by Gasteiger charge is -2.33. The number of ketones is 1. The summed E-state index contributed by atoms with van der Waals surface area (Å²) < 4.78 is 0. The fourth-order valence-electron chi connectivity index (χ4n) is 6.00. The molecule has 1 unspecified atom stereocenters. The number of benzene rings is 3. The van der Waals surface area contributed by atoms with Crippen molar-refractivity contribution in [1.82, 2.24) is 0 Å². The van der Waals surface area contributed by atoms with Crippen LogP contribution in [0.4, 0.5) is 0 Å². The Balaban J connectivity index is 1.83. The van der Waals surface area contributed by atoms with Crippen LogP contribution < -0.4 is 0 Å². The van der Waals surface area contributed by atoms with Crippen molar-refractivity contribution in [2.45, 2.75) is 25.7 Å². The molecule has 3 heteroatoms. The summed E-state index contributed by atoms with van der Waals surface area (Å²) >= 11 is 0. The van der Waals surface area contributed by atoms with Crippen LogP contribution in [-0.4, -0.2) is 16.9 Å². The summed E-state index contributed by atoms with van der Waals surface area (Å²) in [5.41, 5.74) is 8.64. The van der Waals surface area contributed by atoms with Gasteiger partial charge in [-0.05, 0) is 70.0 Å². The fraction of sp³-hybridized carbons (Fsp3) is 0.118. The molecule has 0 aromatic heterocycles. The molecule has 0 aliphatic heterocycles. The van der Waals surface area contributed by atoms with Gasteiger partial charge in [0.15, 0.2) is 5.78 Å². The van der Waals surface area contributed by atoms with Crippen LogP contribution in [0.5, 0.6) is 0 Å². The van der Waals surface area contributed by atoms with Crippen LogP contribution in [0.1, 0.15) is 68.8 Å². The van der Waals surface area contributed by atoms with Crippen LogP contribution in [0, 0.1) is 0 Å². The lowest BCUT2D eigenvalue weighted by molar-refractivity contribution is 0.0693. The molecule has 0 radical (unpaired) electrons. The zero-order valence-corrected chi connectivity index (χ0v) is 21.0. The summed E-state index contributed by atoms with van der Waals surface area (Å²) in [6.45, 7) is 12.6. The minimum Gasteiger partial charge on any atom is -0.478 e. The Morgan fingerprint density at radius 3 is 2.24 bits per heavy atom. The first-order valence-corrected chi connectivity index (χ1v) is 12.4. The van der Waals surface area contributed by atoms with Crippen LogP contribution in [0.25, 0.3) is 11.1 Å². The van der Waals surface area contributed by atoms with Crippen molar-refractivity contribution in [1.29, 1.82) is 0 Å². The zero-order chi connectivity index (χ0) is 26.3. The molecule has 2 aliphatic rings. The third kappa shape index (κ3) is 3.35. The van der Waals surface area contributed by atoms with E-state index in [1.807, 2.05) is 36.4 Å². The van der Waals surface area contributed by atoms with Gasteiger partial charge in [0.2, 0.25) is 0 Å². The Bertz CT molecular complexity index is 1590. The van der Waals surface area contributed by atoms with Crippen molar-refractivity contribution < 1.29 is 14.7 Å². The second-order valence-electron chi connectivity index (χ2n) is 9.32. The maximum atomic E-state index is 13.7. The summed E-state index contributed by atoms with van der Waals surface area (Å²) in [6.07, 6.45) is 9.05. The van der Waals surface area contributed by atoms with Crippen LogP contribution in [0.3, 0.4) is 0 Å². The number of rotatable bonds is 7. The summed E-state index contributed by atoms with van der Waals surface area (Å²) in [5, 5.41) is 9.67. The first-order valence-electron chi connectivity index (χ1n) is 12.4. The molecular weight excluding hydrogens is 456 g/mol. The van der Waals surface area contributed by atoms with Crippen LogP contribution in [-0.2, 0) is 5.41 Å². The van der Waals surface area contributed by atoms with Gasteiger partial charge in [-0.15, -0.1) is 0 Å². The quantitative estimate of drug-likeness (QED) is 0.348. The Kier molecular flexibility index (Phi) is 6.01. The number of allylic oxidation sites excluding steroid dienone is 8. The van der Waals surface area contributed by atoms with Gasteiger partial charge in [-0.25, -0.2) is 4.79 Å². The van der Waals surface area contributed by atoms with Crippen LogP contribution >= 0.6 is 0 Å². The van der Waals surface area contributed by atoms with Gasteiger partial charge in [-0.1, -0.05) is 99.0 Å². The zero-order valence-electron chi connectivity index (χ0n) is 21.0. The average Bonchev–Trinajstić information content (AvgIpc) is 3.35. The minimum absolute atomic E-state index is 0.00424. The van der Waals surface area contributed by atoms with E-state index in [1.54, 1.807) is 24.3 Å². The number of carbonyl (C=O) groups is 2. The number of aromatic carboxylic acids is 1. The van der Waals surface area contributed by atoms with Gasteiger partial charge in [0.05, 0.1) is 11.0 Å². The third-order valence-electron chi connectivity index (χ3n) is 7.54. The molecule has 2 aliphatic carbocycles. The molecule has 3 aromatic carbocycles. The minimum atomic E-state index is -1.12. The number of carbonyl (C=O) groups excluding carboxylic acids is 1. The molecule has 3 aromatic rings. The molecule has 0 fully saturated rings. The van der Waals surface area contributed by atoms with E-state index in [9.17, 15) is 14.7 Å². The highest BCUT2D eigenvalue weighted by molar-refractivity contribution is 6.14. The highest BCUT2D eigenvalue weighted by Gasteiger charge is 2.51. The molecule has 0 saturated carbocycles. The highest BCUT2D eigenvalue weighted by Crippen LogP contribution is 2.61. The van der Waals surface area contributed by atoms with Gasteiger partial charge in [-0.2, -0.15) is 0 Å². The molecule has 0 bridgehead atoms. The fourth-order valence-corrected chi connectivity index (χ4v) is 6.00. The summed E-state index contributed by atoms with van der Waals surface area (Å²) in [6, 6.07) is 20.4. The normalized spacial score (nSPS) is 17.9. The van der Waals surface area contributed by atoms with Crippen molar-refractivity contribution >= 4 is 22.9 Å². The SMILES string of the molecule is C=CC1=C(C=C)C2(C(/C=C\CC)=C(C)c3ccc(C(=O)c4ccccc4C(=O)O)cc32)c2ccccc21. The Morgan fingerprint density at radius 2 is 1.57 bits per heavy atom. The van der Waals surface area contributed by atoms with Crippen molar-refractivity contribution in [3.8, 4) is 0 Å². The summed E-state index contributed by atoms with van der Waals surface area (Å²) in [7, 11) is 0. The van der Waals surface area contributed by atoms with E-state index in [0.717, 1.165) is 51.0 Å². The van der Waals surface area contributed by atoms with Gasteiger partial charge >= 0.3 is 5.97 Å². The van der Waals surface area contributed by atoms with E-state index in [2.05, 4.69) is 51.3 Å². The van der Waals surface area contributed by atoms with E-state index in [-0.39, 0.29) is 16.9 Å². The van der Waals surface area contributed by atoms with Crippen molar-refractivity contribution in [3.05, 3.63) is 154 Å². The number of fused-ring (bicyclic) bond motifs is 4. The molecule has 182 valence electrons. The van der Waals surface area contributed by atoms with E-state index in [0.29, 0.717) is 5.56 Å². The Labute approximate surface area is 217 Å². The maximum Gasteiger partial charge on any atom is 0.336 e. The smallest absolute Gasteiger partial charge is 0.336 e. The topological polar surface area (TPSA) is 54.4 Å². The van der Waals surface area contributed by atoms with Gasteiger partial charge < -0.3 is 5.11 Å². The van der Waals surface area contributed by atoms with Crippen molar-refractivity contribution in [3.63, 3.8) is 0 Å². The third-order valence-corrected chi connectivity index (χ3v) is 7.54. The Morgan fingerprint density at radius 1 is 0.865 bits per heavy atom. The van der Waals surface area contributed by atoms with Crippen molar-refractivity contribution in [2.75, 3.05) is 0 Å². The predicted octanol–water partition coefficient (Wildman–Crippen LogP) is 7.79. The number of hydrogen-bond donors (Lipinski definition) is 1. The molecule has 3 nitrogen and oxygen atoms in total.